The van der Waals surface area contributed by atoms with Gasteiger partial charge in [0.2, 0.25) is 5.91 Å². The normalized spacial score (nSPS) is 12.4. The van der Waals surface area contributed by atoms with Crippen LogP contribution in [-0.4, -0.2) is 12.5 Å². The Kier molecular flexibility index (Phi) is 4.99. The van der Waals surface area contributed by atoms with Crippen molar-refractivity contribution in [1.82, 2.24) is 5.32 Å². The molecule has 0 heterocycles. The van der Waals surface area contributed by atoms with Gasteiger partial charge in [-0.1, -0.05) is 31.2 Å². The third-order valence-corrected chi connectivity index (χ3v) is 2.71. The fraction of sp³-hybridized carbons (Fsp3) is 0.462. The zero-order chi connectivity index (χ0) is 12.0. The molecule has 0 saturated carbocycles. The Morgan fingerprint density at radius 3 is 2.50 bits per heavy atom. The molecule has 0 spiro atoms. The maximum absolute atomic E-state index is 10.6. The van der Waals surface area contributed by atoms with E-state index in [0.717, 1.165) is 6.42 Å². The number of hydrogen-bond acceptors (Lipinski definition) is 2. The summed E-state index contributed by atoms with van der Waals surface area (Å²) in [6, 6.07) is 8.79. The minimum atomic E-state index is -0.263. The van der Waals surface area contributed by atoms with Crippen molar-refractivity contribution in [3.8, 4) is 0 Å². The smallest absolute Gasteiger partial charge is 0.218 e. The standard InChI is InChI=1S/C13H20N2O/c1-3-11-4-6-12(7-5-11)10(2)15-9-8-13(14)16/h4-7,10,15H,3,8-9H2,1-2H3,(H2,14,16). The Morgan fingerprint density at radius 2 is 2.00 bits per heavy atom. The third kappa shape index (κ3) is 4.03. The van der Waals surface area contributed by atoms with E-state index in [-0.39, 0.29) is 11.9 Å². The molecule has 0 fully saturated rings. The fourth-order valence-corrected chi connectivity index (χ4v) is 1.57. The van der Waals surface area contributed by atoms with Crippen molar-refractivity contribution in [2.75, 3.05) is 6.54 Å². The summed E-state index contributed by atoms with van der Waals surface area (Å²) in [5.41, 5.74) is 7.65. The van der Waals surface area contributed by atoms with Crippen LogP contribution >= 0.6 is 0 Å². The lowest BCUT2D eigenvalue weighted by molar-refractivity contribution is -0.117. The van der Waals surface area contributed by atoms with E-state index in [0.29, 0.717) is 13.0 Å². The molecule has 0 aliphatic carbocycles. The van der Waals surface area contributed by atoms with E-state index >= 15 is 0 Å². The molecule has 16 heavy (non-hydrogen) atoms. The summed E-state index contributed by atoms with van der Waals surface area (Å²) in [5.74, 6) is -0.263. The number of hydrogen-bond donors (Lipinski definition) is 2. The number of nitrogens with two attached hydrogens (primary N) is 1. The number of primary amides is 1. The first-order chi connectivity index (χ1) is 7.63. The number of nitrogens with one attached hydrogen (secondary N) is 1. The molecule has 1 unspecified atom stereocenters. The van der Waals surface area contributed by atoms with Crippen molar-refractivity contribution in [1.29, 1.82) is 0 Å². The largest absolute Gasteiger partial charge is 0.370 e. The van der Waals surface area contributed by atoms with Crippen LogP contribution in [0.3, 0.4) is 0 Å². The molecular formula is C13H20N2O. The van der Waals surface area contributed by atoms with E-state index in [1.54, 1.807) is 0 Å². The maximum Gasteiger partial charge on any atom is 0.218 e. The second-order valence-corrected chi connectivity index (χ2v) is 3.99. The first-order valence-corrected chi connectivity index (χ1v) is 5.74. The van der Waals surface area contributed by atoms with Gasteiger partial charge in [-0.15, -0.1) is 0 Å². The molecule has 0 aliphatic rings. The molecule has 3 nitrogen and oxygen atoms in total. The summed E-state index contributed by atoms with van der Waals surface area (Å²) in [5, 5.41) is 3.27. The highest BCUT2D eigenvalue weighted by Crippen LogP contribution is 2.13. The van der Waals surface area contributed by atoms with E-state index in [1.165, 1.54) is 11.1 Å². The van der Waals surface area contributed by atoms with E-state index < -0.39 is 0 Å². The predicted octanol–water partition coefficient (Wildman–Crippen LogP) is 1.77. The van der Waals surface area contributed by atoms with Crippen LogP contribution < -0.4 is 11.1 Å². The quantitative estimate of drug-likeness (QED) is 0.767. The molecule has 1 amide bonds. The van der Waals surface area contributed by atoms with Crippen LogP contribution in [0.15, 0.2) is 24.3 Å². The van der Waals surface area contributed by atoms with Crippen molar-refractivity contribution in [2.45, 2.75) is 32.7 Å². The first kappa shape index (κ1) is 12.7. The first-order valence-electron chi connectivity index (χ1n) is 5.74. The summed E-state index contributed by atoms with van der Waals surface area (Å²) in [6.45, 7) is 4.86. The van der Waals surface area contributed by atoms with E-state index in [1.807, 2.05) is 0 Å². The number of carbonyl (C=O) groups excluding carboxylic acids is 1. The average Bonchev–Trinajstić information content (AvgIpc) is 2.28. The molecule has 0 bridgehead atoms. The SMILES string of the molecule is CCc1ccc(C(C)NCCC(N)=O)cc1. The lowest BCUT2D eigenvalue weighted by Gasteiger charge is -2.13. The highest BCUT2D eigenvalue weighted by Gasteiger charge is 2.04. The van der Waals surface area contributed by atoms with Crippen LogP contribution in [0.4, 0.5) is 0 Å². The molecular weight excluding hydrogens is 200 g/mol. The van der Waals surface area contributed by atoms with Gasteiger partial charge in [0.05, 0.1) is 0 Å². The van der Waals surface area contributed by atoms with Gasteiger partial charge in [0.1, 0.15) is 0 Å². The van der Waals surface area contributed by atoms with E-state index in [4.69, 9.17) is 5.73 Å². The lowest BCUT2D eigenvalue weighted by Crippen LogP contribution is -2.24. The van der Waals surface area contributed by atoms with Crippen LogP contribution in [0.2, 0.25) is 0 Å². The molecule has 0 aliphatic heterocycles. The summed E-state index contributed by atoms with van der Waals surface area (Å²) < 4.78 is 0. The molecule has 0 radical (unpaired) electrons. The zero-order valence-electron chi connectivity index (χ0n) is 9.99. The molecule has 88 valence electrons. The minimum absolute atomic E-state index is 0.255. The Hall–Kier alpha value is -1.35. The molecule has 1 rings (SSSR count). The van der Waals surface area contributed by atoms with Crippen LogP contribution in [0.1, 0.15) is 37.4 Å². The van der Waals surface area contributed by atoms with Crippen molar-refractivity contribution in [2.24, 2.45) is 5.73 Å². The zero-order valence-corrected chi connectivity index (χ0v) is 9.99. The molecule has 0 saturated heterocycles. The Balaban J connectivity index is 2.45. The van der Waals surface area contributed by atoms with Crippen molar-refractivity contribution in [3.63, 3.8) is 0 Å². The topological polar surface area (TPSA) is 55.1 Å². The van der Waals surface area contributed by atoms with E-state index in [9.17, 15) is 4.79 Å². The Morgan fingerprint density at radius 1 is 1.38 bits per heavy atom. The highest BCUT2D eigenvalue weighted by atomic mass is 16.1. The number of aryl methyl sites for hydroxylation is 1. The van der Waals surface area contributed by atoms with Gasteiger partial charge >= 0.3 is 0 Å². The maximum atomic E-state index is 10.6. The fourth-order valence-electron chi connectivity index (χ4n) is 1.57. The van der Waals surface area contributed by atoms with Crippen LogP contribution in [-0.2, 0) is 11.2 Å². The summed E-state index contributed by atoms with van der Waals surface area (Å²) in [4.78, 5) is 10.6. The summed E-state index contributed by atoms with van der Waals surface area (Å²) >= 11 is 0. The van der Waals surface area contributed by atoms with Crippen molar-refractivity contribution >= 4 is 5.91 Å². The van der Waals surface area contributed by atoms with Crippen LogP contribution in [0.25, 0.3) is 0 Å². The Bertz CT molecular complexity index is 332. The van der Waals surface area contributed by atoms with Crippen molar-refractivity contribution < 1.29 is 4.79 Å². The second-order valence-electron chi connectivity index (χ2n) is 3.99. The number of carbonyl (C=O) groups is 1. The van der Waals surface area contributed by atoms with Gasteiger partial charge in [-0.2, -0.15) is 0 Å². The highest BCUT2D eigenvalue weighted by molar-refractivity contribution is 5.73. The van der Waals surface area contributed by atoms with Crippen LogP contribution in [0.5, 0.6) is 0 Å². The molecule has 3 heteroatoms. The molecule has 0 aromatic heterocycles. The number of amides is 1. The van der Waals surface area contributed by atoms with Gasteiger partial charge in [-0.25, -0.2) is 0 Å². The van der Waals surface area contributed by atoms with Gasteiger partial charge in [-0.3, -0.25) is 4.79 Å². The molecule has 3 N–H and O–H groups in total. The van der Waals surface area contributed by atoms with Gasteiger partial charge in [0.15, 0.2) is 0 Å². The number of benzene rings is 1. The monoisotopic (exact) mass is 220 g/mol. The average molecular weight is 220 g/mol. The van der Waals surface area contributed by atoms with E-state index in [2.05, 4.69) is 43.4 Å². The second kappa shape index (κ2) is 6.28. The molecule has 1 aromatic rings. The van der Waals surface area contributed by atoms with Gasteiger partial charge in [0, 0.05) is 19.0 Å². The van der Waals surface area contributed by atoms with Crippen molar-refractivity contribution in [3.05, 3.63) is 35.4 Å². The number of rotatable bonds is 6. The third-order valence-electron chi connectivity index (χ3n) is 2.71. The predicted molar refractivity (Wildman–Crippen MR) is 66.0 cm³/mol. The summed E-state index contributed by atoms with van der Waals surface area (Å²) in [6.07, 6.45) is 1.45. The minimum Gasteiger partial charge on any atom is -0.370 e. The summed E-state index contributed by atoms with van der Waals surface area (Å²) in [7, 11) is 0. The molecule has 1 aromatic carbocycles. The lowest BCUT2D eigenvalue weighted by atomic mass is 10.0. The van der Waals surface area contributed by atoms with Crippen LogP contribution in [0, 0.1) is 0 Å². The van der Waals surface area contributed by atoms with Gasteiger partial charge in [0.25, 0.3) is 0 Å². The Labute approximate surface area is 97.0 Å². The van der Waals surface area contributed by atoms with Gasteiger partial charge in [-0.05, 0) is 24.5 Å². The van der Waals surface area contributed by atoms with Gasteiger partial charge < -0.3 is 11.1 Å². The molecule has 1 atom stereocenters.